The van der Waals surface area contributed by atoms with E-state index in [9.17, 15) is 9.36 Å². The van der Waals surface area contributed by atoms with Crippen molar-refractivity contribution in [1.29, 1.82) is 0 Å². The third-order valence-corrected chi connectivity index (χ3v) is 9.33. The van der Waals surface area contributed by atoms with E-state index in [4.69, 9.17) is 13.8 Å². The molecular formula is C25H33N2O5P. The molecule has 0 N–H and O–H groups in total. The molecule has 2 aromatic rings. The zero-order valence-electron chi connectivity index (χ0n) is 19.4. The summed E-state index contributed by atoms with van der Waals surface area (Å²) < 4.78 is 31.4. The maximum atomic E-state index is 14.2. The molecule has 4 rings (SSSR count). The lowest BCUT2D eigenvalue weighted by atomic mass is 10.0. The van der Waals surface area contributed by atoms with Crippen LogP contribution in [0.4, 0.5) is 4.79 Å². The summed E-state index contributed by atoms with van der Waals surface area (Å²) >= 11 is 0. The summed E-state index contributed by atoms with van der Waals surface area (Å²) in [4.78, 5) is 16.8. The molecule has 0 radical (unpaired) electrons. The van der Waals surface area contributed by atoms with Crippen molar-refractivity contribution in [2.75, 3.05) is 39.5 Å². The van der Waals surface area contributed by atoms with Gasteiger partial charge in [0.1, 0.15) is 11.8 Å². The van der Waals surface area contributed by atoms with Crippen LogP contribution in [0.3, 0.4) is 0 Å². The van der Waals surface area contributed by atoms with Crippen LogP contribution in [0.1, 0.15) is 37.4 Å². The largest absolute Gasteiger partial charge is 0.447 e. The molecule has 2 saturated heterocycles. The Morgan fingerprint density at radius 3 is 2.30 bits per heavy atom. The van der Waals surface area contributed by atoms with Crippen molar-refractivity contribution in [1.82, 2.24) is 9.80 Å². The lowest BCUT2D eigenvalue weighted by molar-refractivity contribution is 0.145. The van der Waals surface area contributed by atoms with Gasteiger partial charge in [-0.15, -0.1) is 0 Å². The van der Waals surface area contributed by atoms with Crippen molar-refractivity contribution in [3.8, 4) is 0 Å². The van der Waals surface area contributed by atoms with Crippen LogP contribution in [-0.2, 0) is 24.9 Å². The molecule has 2 atom stereocenters. The maximum absolute atomic E-state index is 14.2. The minimum atomic E-state index is -3.53. The maximum Gasteiger partial charge on any atom is 0.410 e. The number of rotatable bonds is 10. The summed E-state index contributed by atoms with van der Waals surface area (Å²) in [7, 11) is -3.53. The van der Waals surface area contributed by atoms with Crippen molar-refractivity contribution < 1.29 is 23.1 Å². The number of hydrogen-bond donors (Lipinski definition) is 0. The van der Waals surface area contributed by atoms with Crippen LogP contribution in [0.15, 0.2) is 60.7 Å². The Morgan fingerprint density at radius 2 is 1.67 bits per heavy atom. The van der Waals surface area contributed by atoms with Crippen LogP contribution in [0, 0.1) is 0 Å². The summed E-state index contributed by atoms with van der Waals surface area (Å²) in [6.45, 7) is 6.76. The second-order valence-corrected chi connectivity index (χ2v) is 11.1. The number of benzene rings is 2. The lowest BCUT2D eigenvalue weighted by Crippen LogP contribution is -2.47. The highest BCUT2D eigenvalue weighted by molar-refractivity contribution is 7.55. The van der Waals surface area contributed by atoms with E-state index in [1.165, 1.54) is 5.56 Å². The van der Waals surface area contributed by atoms with Gasteiger partial charge in [0, 0.05) is 19.6 Å². The van der Waals surface area contributed by atoms with Gasteiger partial charge in [0.15, 0.2) is 0 Å². The molecule has 33 heavy (non-hydrogen) atoms. The molecule has 7 nitrogen and oxygen atoms in total. The Kier molecular flexibility index (Phi) is 7.55. The molecular weight excluding hydrogens is 439 g/mol. The van der Waals surface area contributed by atoms with E-state index in [1.807, 2.05) is 62.4 Å². The van der Waals surface area contributed by atoms with Crippen molar-refractivity contribution in [3.63, 3.8) is 0 Å². The molecule has 2 fully saturated rings. The smallest absolute Gasteiger partial charge is 0.410 e. The van der Waals surface area contributed by atoms with Gasteiger partial charge in [0.25, 0.3) is 0 Å². The van der Waals surface area contributed by atoms with Gasteiger partial charge in [-0.1, -0.05) is 60.7 Å². The number of ether oxygens (including phenoxy) is 1. The van der Waals surface area contributed by atoms with E-state index in [-0.39, 0.29) is 38.5 Å². The minimum Gasteiger partial charge on any atom is -0.447 e. The molecule has 0 saturated carbocycles. The predicted octanol–water partition coefficient (Wildman–Crippen LogP) is 5.09. The molecule has 8 heteroatoms. The molecule has 0 aromatic heterocycles. The molecule has 0 aliphatic carbocycles. The lowest BCUT2D eigenvalue weighted by Gasteiger charge is -2.39. The molecule has 2 aromatic carbocycles. The zero-order valence-corrected chi connectivity index (χ0v) is 20.3. The van der Waals surface area contributed by atoms with Gasteiger partial charge in [-0.2, -0.15) is 0 Å². The van der Waals surface area contributed by atoms with Crippen molar-refractivity contribution in [2.45, 2.75) is 38.0 Å². The van der Waals surface area contributed by atoms with Crippen LogP contribution in [0.25, 0.3) is 0 Å². The van der Waals surface area contributed by atoms with Crippen molar-refractivity contribution >= 4 is 13.7 Å². The normalized spacial score (nSPS) is 23.8. The third-order valence-electron chi connectivity index (χ3n) is 6.46. The van der Waals surface area contributed by atoms with E-state index >= 15 is 0 Å². The first-order chi connectivity index (χ1) is 16.0. The van der Waals surface area contributed by atoms with Gasteiger partial charge in [-0.05, 0) is 37.9 Å². The fourth-order valence-electron chi connectivity index (χ4n) is 4.90. The highest BCUT2D eigenvalue weighted by Crippen LogP contribution is 2.64. The molecule has 2 aliphatic heterocycles. The van der Waals surface area contributed by atoms with Crippen LogP contribution >= 0.6 is 7.60 Å². The molecule has 178 valence electrons. The topological polar surface area (TPSA) is 68.3 Å². The van der Waals surface area contributed by atoms with Crippen LogP contribution in [0.5, 0.6) is 0 Å². The van der Waals surface area contributed by atoms with Gasteiger partial charge < -0.3 is 13.8 Å². The number of cyclic esters (lactones) is 1. The van der Waals surface area contributed by atoms with E-state index in [1.54, 1.807) is 4.90 Å². The van der Waals surface area contributed by atoms with E-state index in [2.05, 4.69) is 17.0 Å². The summed E-state index contributed by atoms with van der Waals surface area (Å²) in [5.41, 5.74) is 2.19. The number of nitrogens with zero attached hydrogens (tertiary/aromatic N) is 2. The Hall–Kier alpha value is -2.18. The third kappa shape index (κ3) is 5.02. The standard InChI is InChI=1S/C25H33N2O5P/c1-3-31-33(29,32-4-2)25(15-16-26(19-25)17-21-11-7-5-8-12-21)20-27-23(18-30-24(27)28)22-13-9-6-10-14-22/h5-14,23H,3-4,15-20H2,1-2H3/t23-,25?/m1/s1. The molecule has 0 spiro atoms. The van der Waals surface area contributed by atoms with Gasteiger partial charge in [-0.3, -0.25) is 14.4 Å². The molecule has 2 aliphatic rings. The number of likely N-dealkylation sites (tertiary alicyclic amines) is 1. The van der Waals surface area contributed by atoms with Crippen LogP contribution < -0.4 is 0 Å². The fourth-order valence-corrected chi connectivity index (χ4v) is 7.28. The van der Waals surface area contributed by atoms with Crippen LogP contribution in [-0.4, -0.2) is 60.5 Å². The summed E-state index contributed by atoms with van der Waals surface area (Å²) in [6.07, 6.45) is 0.229. The first-order valence-electron chi connectivity index (χ1n) is 11.6. The van der Waals surface area contributed by atoms with Crippen LogP contribution in [0.2, 0.25) is 0 Å². The second kappa shape index (κ2) is 10.4. The molecule has 1 amide bonds. The summed E-state index contributed by atoms with van der Waals surface area (Å²) in [5.74, 6) is 0. The molecule has 2 heterocycles. The second-order valence-electron chi connectivity index (χ2n) is 8.63. The van der Waals surface area contributed by atoms with Crippen molar-refractivity contribution in [2.24, 2.45) is 0 Å². The van der Waals surface area contributed by atoms with E-state index in [0.717, 1.165) is 18.7 Å². The predicted molar refractivity (Wildman–Crippen MR) is 127 cm³/mol. The molecule has 0 bridgehead atoms. The Balaban J connectivity index is 1.64. The Bertz CT molecular complexity index is 963. The Morgan fingerprint density at radius 1 is 1.03 bits per heavy atom. The number of amides is 1. The fraction of sp³-hybridized carbons (Fsp3) is 0.480. The van der Waals surface area contributed by atoms with E-state index in [0.29, 0.717) is 13.0 Å². The van der Waals surface area contributed by atoms with Gasteiger partial charge in [0.2, 0.25) is 0 Å². The highest BCUT2D eigenvalue weighted by Gasteiger charge is 2.57. The average molecular weight is 473 g/mol. The number of hydrogen-bond acceptors (Lipinski definition) is 6. The monoisotopic (exact) mass is 472 g/mol. The zero-order chi connectivity index (χ0) is 23.3. The van der Waals surface area contributed by atoms with Gasteiger partial charge >= 0.3 is 13.7 Å². The number of carbonyl (C=O) groups is 1. The first-order valence-corrected chi connectivity index (χ1v) is 13.2. The van der Waals surface area contributed by atoms with Crippen molar-refractivity contribution in [3.05, 3.63) is 71.8 Å². The van der Waals surface area contributed by atoms with Gasteiger partial charge in [-0.25, -0.2) is 4.79 Å². The van der Waals surface area contributed by atoms with E-state index < -0.39 is 12.8 Å². The molecule has 1 unspecified atom stereocenters. The summed E-state index contributed by atoms with van der Waals surface area (Å²) in [6, 6.07) is 19.8. The first kappa shape index (κ1) is 24.0. The SMILES string of the molecule is CCOP(=O)(OCC)C1(CN2C(=O)OC[C@@H]2c2ccccc2)CCN(Cc2ccccc2)C1. The van der Waals surface area contributed by atoms with Gasteiger partial charge in [0.05, 0.1) is 19.3 Å². The summed E-state index contributed by atoms with van der Waals surface area (Å²) in [5, 5.41) is -0.829. The number of carbonyl (C=O) groups excluding carboxylic acids is 1. The average Bonchev–Trinajstić information content (AvgIpc) is 3.40. The quantitative estimate of drug-likeness (QED) is 0.449. The Labute approximate surface area is 196 Å². The highest BCUT2D eigenvalue weighted by atomic mass is 31.2. The minimum absolute atomic E-state index is 0.226.